The smallest absolute Gasteiger partial charge is 0.467 e. The van der Waals surface area contributed by atoms with Crippen LogP contribution in [0.4, 0.5) is 4.79 Å². The molecule has 1 saturated heterocycles. The predicted octanol–water partition coefficient (Wildman–Crippen LogP) is 7.31. The van der Waals surface area contributed by atoms with E-state index in [1.165, 1.54) is 0 Å². The average Bonchev–Trinajstić information content (AvgIpc) is 2.95. The number of carbonyl (C=O) groups excluding carboxylic acids is 1. The largest absolute Gasteiger partial charge is 0.528 e. The van der Waals surface area contributed by atoms with Gasteiger partial charge in [0.1, 0.15) is 11.4 Å². The second kappa shape index (κ2) is 15.4. The Morgan fingerprint density at radius 1 is 1.02 bits per heavy atom. The van der Waals surface area contributed by atoms with Crippen molar-refractivity contribution in [2.45, 2.75) is 83.5 Å². The highest BCUT2D eigenvalue weighted by Crippen LogP contribution is 2.33. The molecule has 4 rings (SSSR count). The summed E-state index contributed by atoms with van der Waals surface area (Å²) in [6.45, 7) is 14.8. The number of piperidine rings is 1. The van der Waals surface area contributed by atoms with Crippen LogP contribution in [0, 0.1) is 0 Å². The molecule has 2 atom stereocenters. The highest BCUT2D eigenvalue weighted by atomic mass is 28.3. The third-order valence-electron chi connectivity index (χ3n) is 7.57. The molecule has 1 fully saturated rings. The van der Waals surface area contributed by atoms with Crippen LogP contribution in [0.5, 0.6) is 5.75 Å². The van der Waals surface area contributed by atoms with Gasteiger partial charge in [0.15, 0.2) is 6.79 Å². The Bertz CT molecular complexity index is 1350. The van der Waals surface area contributed by atoms with Crippen LogP contribution in [0.15, 0.2) is 60.7 Å². The number of ether oxygens (including phenoxy) is 4. The molecule has 0 bridgehead atoms. The number of aliphatic hydroxyl groups excluding tert-OH is 1. The van der Waals surface area contributed by atoms with Crippen LogP contribution in [0.25, 0.3) is 10.8 Å². The molecule has 240 valence electrons. The van der Waals surface area contributed by atoms with E-state index in [0.29, 0.717) is 32.7 Å². The van der Waals surface area contributed by atoms with Crippen LogP contribution in [0.2, 0.25) is 25.7 Å². The van der Waals surface area contributed by atoms with Crippen molar-refractivity contribution < 1.29 is 33.7 Å². The fourth-order valence-electron chi connectivity index (χ4n) is 5.24. The van der Waals surface area contributed by atoms with Crippen LogP contribution < -0.4 is 4.74 Å². The standard InChI is InChI=1S/C35H49NO7Si/c1-35(2,3)42-34(38)43-36-17-15-31(28-13-11-26(12-14-28)16-18-37)33(23-36)40-24-27-21-29-9-7-8-10-30(29)32(22-27)41-25-39-19-20-44(4,5)6/h7-14,21-22,31,33,37H,15-20,23-25H2,1-6H3. The Morgan fingerprint density at radius 2 is 1.77 bits per heavy atom. The summed E-state index contributed by atoms with van der Waals surface area (Å²) < 4.78 is 24.0. The van der Waals surface area contributed by atoms with Gasteiger partial charge in [0.2, 0.25) is 0 Å². The van der Waals surface area contributed by atoms with Gasteiger partial charge < -0.3 is 28.9 Å². The van der Waals surface area contributed by atoms with E-state index in [9.17, 15) is 9.90 Å². The summed E-state index contributed by atoms with van der Waals surface area (Å²) in [5.41, 5.74) is 2.60. The number of hydrogen-bond donors (Lipinski definition) is 1. The Morgan fingerprint density at radius 3 is 2.48 bits per heavy atom. The van der Waals surface area contributed by atoms with E-state index >= 15 is 0 Å². The first-order valence-corrected chi connectivity index (χ1v) is 19.3. The van der Waals surface area contributed by atoms with Crippen molar-refractivity contribution >= 4 is 25.0 Å². The molecular weight excluding hydrogens is 574 g/mol. The lowest BCUT2D eigenvalue weighted by molar-refractivity contribution is -0.179. The average molecular weight is 624 g/mol. The lowest BCUT2D eigenvalue weighted by Gasteiger charge is -2.37. The summed E-state index contributed by atoms with van der Waals surface area (Å²) in [6, 6.07) is 21.8. The van der Waals surface area contributed by atoms with E-state index in [4.69, 9.17) is 23.8 Å². The fourth-order valence-corrected chi connectivity index (χ4v) is 6.00. The molecule has 1 aliphatic heterocycles. The Balaban J connectivity index is 1.49. The number of hydrogen-bond acceptors (Lipinski definition) is 8. The Labute approximate surface area is 263 Å². The fraction of sp³-hybridized carbons (Fsp3) is 0.514. The second-order valence-electron chi connectivity index (χ2n) is 13.7. The lowest BCUT2D eigenvalue weighted by Crippen LogP contribution is -2.45. The highest BCUT2D eigenvalue weighted by Gasteiger charge is 2.34. The predicted molar refractivity (Wildman–Crippen MR) is 176 cm³/mol. The van der Waals surface area contributed by atoms with Gasteiger partial charge in [0.05, 0.1) is 19.3 Å². The maximum atomic E-state index is 12.4. The van der Waals surface area contributed by atoms with Crippen molar-refractivity contribution in [1.82, 2.24) is 5.06 Å². The summed E-state index contributed by atoms with van der Waals surface area (Å²) in [4.78, 5) is 18.0. The van der Waals surface area contributed by atoms with Crippen LogP contribution in [-0.2, 0) is 32.1 Å². The zero-order valence-electron chi connectivity index (χ0n) is 27.1. The lowest BCUT2D eigenvalue weighted by atomic mass is 9.87. The first-order valence-electron chi connectivity index (χ1n) is 15.6. The van der Waals surface area contributed by atoms with Gasteiger partial charge in [-0.05, 0) is 73.9 Å². The number of fused-ring (bicyclic) bond motifs is 1. The van der Waals surface area contributed by atoms with Crippen molar-refractivity contribution in [3.05, 3.63) is 77.4 Å². The minimum atomic E-state index is -1.17. The normalized spacial score (nSPS) is 17.9. The van der Waals surface area contributed by atoms with E-state index < -0.39 is 19.8 Å². The van der Waals surface area contributed by atoms with Crippen LogP contribution >= 0.6 is 0 Å². The van der Waals surface area contributed by atoms with Gasteiger partial charge in [-0.1, -0.05) is 68.2 Å². The van der Waals surface area contributed by atoms with Crippen molar-refractivity contribution in [3.8, 4) is 5.75 Å². The molecule has 3 aromatic carbocycles. The summed E-state index contributed by atoms with van der Waals surface area (Å²) in [5, 5.41) is 13.1. The molecule has 1 N–H and O–H groups in total. The molecule has 1 heterocycles. The highest BCUT2D eigenvalue weighted by molar-refractivity contribution is 6.76. The number of hydroxylamine groups is 2. The first-order chi connectivity index (χ1) is 20.9. The molecule has 0 aromatic heterocycles. The maximum Gasteiger partial charge on any atom is 0.528 e. The van der Waals surface area contributed by atoms with Crippen molar-refractivity contribution in [3.63, 3.8) is 0 Å². The number of aliphatic hydroxyl groups is 1. The van der Waals surface area contributed by atoms with Gasteiger partial charge in [0, 0.05) is 39.1 Å². The van der Waals surface area contributed by atoms with Crippen LogP contribution in [0.1, 0.15) is 49.8 Å². The topological polar surface area (TPSA) is 86.7 Å². The molecule has 44 heavy (non-hydrogen) atoms. The zero-order chi connectivity index (χ0) is 31.7. The third kappa shape index (κ3) is 10.6. The van der Waals surface area contributed by atoms with E-state index in [2.05, 4.69) is 62.1 Å². The molecule has 3 aromatic rings. The molecule has 0 radical (unpaired) electrons. The van der Waals surface area contributed by atoms with Gasteiger partial charge in [-0.15, -0.1) is 5.06 Å². The van der Waals surface area contributed by atoms with Gasteiger partial charge in [-0.2, -0.15) is 0 Å². The van der Waals surface area contributed by atoms with E-state index in [1.54, 1.807) is 5.06 Å². The van der Waals surface area contributed by atoms with Gasteiger partial charge in [-0.25, -0.2) is 4.79 Å². The van der Waals surface area contributed by atoms with Crippen LogP contribution in [-0.4, -0.2) is 69.2 Å². The van der Waals surface area contributed by atoms with E-state index in [-0.39, 0.29) is 25.4 Å². The molecule has 0 saturated carbocycles. The monoisotopic (exact) mass is 623 g/mol. The number of benzene rings is 3. The summed E-state index contributed by atoms with van der Waals surface area (Å²) in [6.07, 6.45) is 0.410. The molecule has 8 nitrogen and oxygen atoms in total. The van der Waals surface area contributed by atoms with Crippen molar-refractivity contribution in [2.24, 2.45) is 0 Å². The minimum absolute atomic E-state index is 0.104. The van der Waals surface area contributed by atoms with Crippen molar-refractivity contribution in [1.29, 1.82) is 0 Å². The maximum absolute atomic E-state index is 12.4. The van der Waals surface area contributed by atoms with Gasteiger partial charge in [-0.3, -0.25) is 0 Å². The Hall–Kier alpha value is -2.95. The Kier molecular flexibility index (Phi) is 11.8. The third-order valence-corrected chi connectivity index (χ3v) is 9.27. The molecule has 0 spiro atoms. The van der Waals surface area contributed by atoms with E-state index in [1.807, 2.05) is 39.0 Å². The summed E-state index contributed by atoms with van der Waals surface area (Å²) >= 11 is 0. The molecular formula is C35H49NO7Si. The van der Waals surface area contributed by atoms with Gasteiger partial charge in [0.25, 0.3) is 0 Å². The number of rotatable bonds is 13. The van der Waals surface area contributed by atoms with Crippen molar-refractivity contribution in [2.75, 3.05) is 33.1 Å². The SMILES string of the molecule is CC(C)(C)OC(=O)ON1CCC(c2ccc(CCO)cc2)C(OCc2cc(OCOCC[Si](C)(C)C)c3ccccc3c2)C1. The summed E-state index contributed by atoms with van der Waals surface area (Å²) in [7, 11) is -1.17. The number of nitrogens with zero attached hydrogens (tertiary/aromatic N) is 1. The zero-order valence-corrected chi connectivity index (χ0v) is 28.1. The number of carbonyl (C=O) groups is 1. The summed E-state index contributed by atoms with van der Waals surface area (Å²) in [5.74, 6) is 0.872. The van der Waals surface area contributed by atoms with Crippen LogP contribution in [0.3, 0.4) is 0 Å². The quantitative estimate of drug-likeness (QED) is 0.0918. The molecule has 0 amide bonds. The molecule has 9 heteroatoms. The van der Waals surface area contributed by atoms with Gasteiger partial charge >= 0.3 is 6.16 Å². The molecule has 0 aliphatic carbocycles. The van der Waals surface area contributed by atoms with E-state index in [0.717, 1.165) is 45.7 Å². The molecule has 2 unspecified atom stereocenters. The minimum Gasteiger partial charge on any atom is -0.467 e. The molecule has 1 aliphatic rings. The second-order valence-corrected chi connectivity index (χ2v) is 19.3. The first kappa shape index (κ1) is 33.9.